The molecule has 37 heavy (non-hydrogen) atoms. The van der Waals surface area contributed by atoms with E-state index in [-0.39, 0.29) is 10.8 Å². The Bertz CT molecular complexity index is 1090. The molecule has 4 aliphatic carbocycles. The van der Waals surface area contributed by atoms with Crippen LogP contribution in [0, 0.1) is 23.2 Å². The number of hydrogen-bond donors (Lipinski definition) is 3. The van der Waals surface area contributed by atoms with E-state index in [0.717, 1.165) is 48.3 Å². The van der Waals surface area contributed by atoms with E-state index < -0.39 is 18.3 Å². The third kappa shape index (κ3) is 4.97. The average molecular weight is 507 g/mol. The number of furan rings is 1. The van der Waals surface area contributed by atoms with Crippen LogP contribution in [-0.4, -0.2) is 33.6 Å². The molecule has 3 N–H and O–H groups in total. The van der Waals surface area contributed by atoms with Gasteiger partial charge in [-0.3, -0.25) is 0 Å². The predicted octanol–water partition coefficient (Wildman–Crippen LogP) is 6.57. The maximum Gasteiger partial charge on any atom is 0.113 e. The third-order valence-electron chi connectivity index (χ3n) is 10.4. The van der Waals surface area contributed by atoms with Crippen molar-refractivity contribution in [2.75, 3.05) is 0 Å². The van der Waals surface area contributed by atoms with Gasteiger partial charge in [0, 0.05) is 12.8 Å². The van der Waals surface area contributed by atoms with Crippen LogP contribution in [0.15, 0.2) is 64.2 Å². The largest absolute Gasteiger partial charge is 0.465 e. The first-order chi connectivity index (χ1) is 17.7. The Morgan fingerprint density at radius 1 is 1.14 bits per heavy atom. The van der Waals surface area contributed by atoms with Gasteiger partial charge in [-0.15, -0.1) is 0 Å². The molecule has 4 nitrogen and oxygen atoms in total. The SMILES string of the molecule is C=C1/C(=C\C=C2/CCC[C@]3(C)[C@@H]([C@H](C)/C=C/[C@@H](O)C4(c5ccc(CC)o5)CC4)CC[C@@H]23)C[C@@H](O)C[C@@H]1O. The van der Waals surface area contributed by atoms with Crippen LogP contribution in [0.4, 0.5) is 0 Å². The Morgan fingerprint density at radius 3 is 2.62 bits per heavy atom. The first-order valence-electron chi connectivity index (χ1n) is 14.6. The van der Waals surface area contributed by atoms with Crippen LogP contribution < -0.4 is 0 Å². The van der Waals surface area contributed by atoms with Crippen molar-refractivity contribution in [2.24, 2.45) is 23.2 Å². The highest BCUT2D eigenvalue weighted by Gasteiger charge is 2.53. The molecule has 4 aliphatic rings. The van der Waals surface area contributed by atoms with Gasteiger partial charge in [-0.05, 0) is 97.8 Å². The molecule has 0 spiro atoms. The lowest BCUT2D eigenvalue weighted by atomic mass is 9.61. The summed E-state index contributed by atoms with van der Waals surface area (Å²) in [5.41, 5.74) is 3.29. The highest BCUT2D eigenvalue weighted by Crippen LogP contribution is 2.60. The maximum absolute atomic E-state index is 11.2. The van der Waals surface area contributed by atoms with Gasteiger partial charge in [0.15, 0.2) is 0 Å². The molecule has 202 valence electrons. The molecule has 4 heteroatoms. The zero-order valence-corrected chi connectivity index (χ0v) is 23.0. The van der Waals surface area contributed by atoms with Crippen molar-refractivity contribution in [3.05, 3.63) is 71.3 Å². The maximum atomic E-state index is 11.2. The summed E-state index contributed by atoms with van der Waals surface area (Å²) >= 11 is 0. The van der Waals surface area contributed by atoms with Crippen LogP contribution in [0.3, 0.4) is 0 Å². The van der Waals surface area contributed by atoms with E-state index >= 15 is 0 Å². The molecule has 0 unspecified atom stereocenters. The number of rotatable bonds is 7. The molecule has 1 aromatic rings. The van der Waals surface area contributed by atoms with E-state index in [1.54, 1.807) is 0 Å². The second-order valence-corrected chi connectivity index (χ2v) is 12.6. The van der Waals surface area contributed by atoms with E-state index in [1.807, 2.05) is 6.07 Å². The Balaban J connectivity index is 1.28. The molecule has 1 heterocycles. The first kappa shape index (κ1) is 26.7. The highest BCUT2D eigenvalue weighted by atomic mass is 16.3. The summed E-state index contributed by atoms with van der Waals surface area (Å²) in [7, 11) is 0. The zero-order chi connectivity index (χ0) is 26.4. The lowest BCUT2D eigenvalue weighted by Crippen LogP contribution is -2.35. The summed E-state index contributed by atoms with van der Waals surface area (Å²) in [4.78, 5) is 0. The van der Waals surface area contributed by atoms with Gasteiger partial charge >= 0.3 is 0 Å². The van der Waals surface area contributed by atoms with Crippen LogP contribution in [0.1, 0.15) is 90.1 Å². The number of hydrogen-bond acceptors (Lipinski definition) is 4. The van der Waals surface area contributed by atoms with Crippen molar-refractivity contribution in [1.82, 2.24) is 0 Å². The molecule has 0 bridgehead atoms. The van der Waals surface area contributed by atoms with E-state index in [2.05, 4.69) is 57.7 Å². The molecular formula is C33H46O4. The second kappa shape index (κ2) is 10.4. The fourth-order valence-electron chi connectivity index (χ4n) is 7.87. The minimum Gasteiger partial charge on any atom is -0.465 e. The molecule has 0 aliphatic heterocycles. The average Bonchev–Trinajstić information content (AvgIpc) is 3.39. The number of aryl methyl sites for hydroxylation is 1. The number of fused-ring (bicyclic) bond motifs is 1. The number of aliphatic hydroxyl groups excluding tert-OH is 3. The quantitative estimate of drug-likeness (QED) is 0.366. The van der Waals surface area contributed by atoms with Gasteiger partial charge < -0.3 is 19.7 Å². The molecular weight excluding hydrogens is 460 g/mol. The van der Waals surface area contributed by atoms with Crippen LogP contribution >= 0.6 is 0 Å². The first-order valence-corrected chi connectivity index (χ1v) is 14.6. The molecule has 4 fully saturated rings. The minimum absolute atomic E-state index is 0.232. The standard InChI is InChI=1S/C33H46O4/c1-5-26-11-15-31(37-26)33(17-18-33)30(36)14-8-21(2)27-12-13-28-23(7-6-16-32(27,28)4)9-10-24-19-25(34)20-29(35)22(24)3/h8-11,14-15,21,25,27-30,34-36H,3,5-7,12-13,16-20H2,1-2,4H3/b14-8+,23-9+,24-10-/t21-,25-,27-,28+,29+,30-,32-/m1/s1. The smallest absolute Gasteiger partial charge is 0.113 e. The van der Waals surface area contributed by atoms with Crippen LogP contribution in [0.2, 0.25) is 0 Å². The Kier molecular flexibility index (Phi) is 7.48. The summed E-state index contributed by atoms with van der Waals surface area (Å²) in [5.74, 6) is 3.51. The summed E-state index contributed by atoms with van der Waals surface area (Å²) in [6.07, 6.45) is 16.9. The van der Waals surface area contributed by atoms with Gasteiger partial charge in [0.2, 0.25) is 0 Å². The van der Waals surface area contributed by atoms with E-state index in [9.17, 15) is 15.3 Å². The molecule has 1 aromatic heterocycles. The lowest BCUT2D eigenvalue weighted by Gasteiger charge is -2.44. The van der Waals surface area contributed by atoms with Gasteiger partial charge in [-0.25, -0.2) is 0 Å². The Hall–Kier alpha value is -1.88. The molecule has 0 amide bonds. The van der Waals surface area contributed by atoms with Crippen molar-refractivity contribution in [2.45, 2.75) is 109 Å². The molecule has 0 saturated heterocycles. The lowest BCUT2D eigenvalue weighted by molar-refractivity contribution is 0.0862. The molecule has 4 saturated carbocycles. The second-order valence-electron chi connectivity index (χ2n) is 12.6. The fourth-order valence-corrected chi connectivity index (χ4v) is 7.87. The van der Waals surface area contributed by atoms with Crippen molar-refractivity contribution >= 4 is 0 Å². The predicted molar refractivity (Wildman–Crippen MR) is 148 cm³/mol. The minimum atomic E-state index is -0.639. The van der Waals surface area contributed by atoms with Crippen molar-refractivity contribution in [3.8, 4) is 0 Å². The third-order valence-corrected chi connectivity index (χ3v) is 10.4. The number of aliphatic hydroxyl groups is 3. The monoisotopic (exact) mass is 506 g/mol. The van der Waals surface area contributed by atoms with Crippen molar-refractivity contribution in [1.29, 1.82) is 0 Å². The molecule has 7 atom stereocenters. The van der Waals surface area contributed by atoms with Gasteiger partial charge in [0.25, 0.3) is 0 Å². The number of allylic oxidation sites excluding steroid dienone is 4. The topological polar surface area (TPSA) is 73.8 Å². The van der Waals surface area contributed by atoms with Gasteiger partial charge in [-0.2, -0.15) is 0 Å². The Labute approximate surface area is 222 Å². The normalized spacial score (nSPS) is 37.3. The van der Waals surface area contributed by atoms with Crippen molar-refractivity contribution < 1.29 is 19.7 Å². The van der Waals surface area contributed by atoms with E-state index in [0.29, 0.717) is 30.6 Å². The van der Waals surface area contributed by atoms with Gasteiger partial charge in [-0.1, -0.05) is 57.2 Å². The van der Waals surface area contributed by atoms with Crippen LogP contribution in [-0.2, 0) is 11.8 Å². The Morgan fingerprint density at radius 2 is 1.92 bits per heavy atom. The van der Waals surface area contributed by atoms with Gasteiger partial charge in [0.05, 0.1) is 23.7 Å². The fraction of sp³-hybridized carbons (Fsp3) is 0.636. The summed E-state index contributed by atoms with van der Waals surface area (Å²) in [5, 5.41) is 31.5. The van der Waals surface area contributed by atoms with E-state index in [4.69, 9.17) is 4.42 Å². The van der Waals surface area contributed by atoms with Crippen LogP contribution in [0.5, 0.6) is 0 Å². The highest BCUT2D eigenvalue weighted by molar-refractivity contribution is 5.39. The molecule has 5 rings (SSSR count). The summed E-state index contributed by atoms with van der Waals surface area (Å²) < 4.78 is 6.03. The summed E-state index contributed by atoms with van der Waals surface area (Å²) in [6.45, 7) is 11.0. The molecule has 0 aromatic carbocycles. The van der Waals surface area contributed by atoms with E-state index in [1.165, 1.54) is 31.3 Å². The summed E-state index contributed by atoms with van der Waals surface area (Å²) in [6, 6.07) is 4.11. The molecule has 0 radical (unpaired) electrons. The zero-order valence-electron chi connectivity index (χ0n) is 23.0. The van der Waals surface area contributed by atoms with Crippen LogP contribution in [0.25, 0.3) is 0 Å². The van der Waals surface area contributed by atoms with Gasteiger partial charge in [0.1, 0.15) is 11.5 Å². The van der Waals surface area contributed by atoms with Crippen molar-refractivity contribution in [3.63, 3.8) is 0 Å².